The molecule has 0 spiro atoms. The second-order valence-electron chi connectivity index (χ2n) is 6.61. The molecule has 0 saturated carbocycles. The summed E-state index contributed by atoms with van der Waals surface area (Å²) in [4.78, 5) is 20.8. The van der Waals surface area contributed by atoms with Crippen molar-refractivity contribution in [3.05, 3.63) is 35.8 Å². The van der Waals surface area contributed by atoms with Gasteiger partial charge in [0.2, 0.25) is 0 Å². The van der Waals surface area contributed by atoms with E-state index in [0.717, 1.165) is 12.8 Å². The van der Waals surface area contributed by atoms with Gasteiger partial charge in [0.25, 0.3) is 5.91 Å². The van der Waals surface area contributed by atoms with E-state index < -0.39 is 6.10 Å². The van der Waals surface area contributed by atoms with Crippen molar-refractivity contribution < 1.29 is 14.6 Å². The summed E-state index contributed by atoms with van der Waals surface area (Å²) >= 11 is 0. The highest BCUT2D eigenvalue weighted by Gasteiger charge is 2.20. The van der Waals surface area contributed by atoms with Crippen molar-refractivity contribution in [3.63, 3.8) is 0 Å². The summed E-state index contributed by atoms with van der Waals surface area (Å²) in [5.74, 6) is -0.354. The molecule has 2 aromatic heterocycles. The first-order valence-electron chi connectivity index (χ1n) is 9.40. The lowest BCUT2D eigenvalue weighted by Crippen LogP contribution is -2.26. The van der Waals surface area contributed by atoms with Crippen LogP contribution >= 0.6 is 0 Å². The van der Waals surface area contributed by atoms with Gasteiger partial charge < -0.3 is 20.9 Å². The molecule has 2 heterocycles. The zero-order valence-electron chi connectivity index (χ0n) is 16.6. The molecule has 0 bridgehead atoms. The predicted molar refractivity (Wildman–Crippen MR) is 109 cm³/mol. The molecular weight excluding hydrogens is 372 g/mol. The molecule has 1 amide bonds. The van der Waals surface area contributed by atoms with Gasteiger partial charge in [-0.2, -0.15) is 4.98 Å². The molecule has 0 fully saturated rings. The van der Waals surface area contributed by atoms with Gasteiger partial charge in [-0.1, -0.05) is 31.5 Å². The number of hydrogen-bond acceptors (Lipinski definition) is 8. The molecule has 0 aliphatic rings. The molecule has 3 rings (SSSR count). The monoisotopic (exact) mass is 396 g/mol. The van der Waals surface area contributed by atoms with E-state index >= 15 is 0 Å². The first-order valence-corrected chi connectivity index (χ1v) is 9.40. The van der Waals surface area contributed by atoms with Crippen molar-refractivity contribution >= 4 is 22.5 Å². The highest BCUT2D eigenvalue weighted by atomic mass is 16.5. The summed E-state index contributed by atoms with van der Waals surface area (Å²) < 4.78 is 5.06. The molecule has 1 atom stereocenters. The molecule has 9 nitrogen and oxygen atoms in total. The van der Waals surface area contributed by atoms with Gasteiger partial charge in [-0.15, -0.1) is 10.2 Å². The highest BCUT2D eigenvalue weighted by molar-refractivity contribution is 6.07. The molecule has 3 aromatic rings. The van der Waals surface area contributed by atoms with E-state index in [1.807, 2.05) is 13.0 Å². The Labute approximate surface area is 168 Å². The number of anilines is 1. The number of aliphatic hydroxyl groups excluding tert-OH is 1. The van der Waals surface area contributed by atoms with Crippen LogP contribution in [0.4, 0.5) is 5.69 Å². The number of aliphatic hydroxyl groups is 1. The molecule has 1 aromatic carbocycles. The number of nitrogen functional groups attached to an aromatic ring is 1. The van der Waals surface area contributed by atoms with E-state index in [9.17, 15) is 9.90 Å². The van der Waals surface area contributed by atoms with E-state index in [1.165, 1.54) is 7.11 Å². The van der Waals surface area contributed by atoms with Crippen LogP contribution in [0.1, 0.15) is 49.0 Å². The number of nitrogens with two attached hydrogens (primary N) is 1. The van der Waals surface area contributed by atoms with Crippen LogP contribution in [0.2, 0.25) is 0 Å². The Hall–Kier alpha value is -3.33. The standard InChI is InChI=1S/C20H24N6O3/c1-4-5-9-22-19(28)18-15(21)13-8-6-7-12(17(13)25-26-18)14-10-23-20(29-3)24-16(14)11(2)27/h6-8,10-11,27H,4-5,9H2,1-3H3,(H2,21,25)(H,22,28). The zero-order chi connectivity index (χ0) is 21.0. The number of nitrogens with zero attached hydrogens (tertiary/aromatic N) is 4. The maximum absolute atomic E-state index is 12.4. The molecule has 152 valence electrons. The van der Waals surface area contributed by atoms with Gasteiger partial charge >= 0.3 is 6.01 Å². The van der Waals surface area contributed by atoms with Gasteiger partial charge in [0.15, 0.2) is 5.69 Å². The van der Waals surface area contributed by atoms with E-state index in [0.29, 0.717) is 34.3 Å². The van der Waals surface area contributed by atoms with E-state index in [-0.39, 0.29) is 23.3 Å². The number of unbranched alkanes of at least 4 members (excludes halogenated alkanes) is 1. The number of ether oxygens (including phenoxy) is 1. The van der Waals surface area contributed by atoms with Crippen molar-refractivity contribution in [1.82, 2.24) is 25.5 Å². The molecule has 0 aliphatic carbocycles. The molecule has 0 radical (unpaired) electrons. The number of amides is 1. The van der Waals surface area contributed by atoms with Crippen LogP contribution in [-0.2, 0) is 0 Å². The van der Waals surface area contributed by atoms with Gasteiger partial charge in [-0.05, 0) is 13.3 Å². The minimum Gasteiger partial charge on any atom is -0.467 e. The van der Waals surface area contributed by atoms with Crippen molar-refractivity contribution in [2.75, 3.05) is 19.4 Å². The minimum atomic E-state index is -0.855. The van der Waals surface area contributed by atoms with Crippen molar-refractivity contribution in [3.8, 4) is 17.1 Å². The predicted octanol–water partition coefficient (Wildman–Crippen LogP) is 2.26. The fraction of sp³-hybridized carbons (Fsp3) is 0.350. The summed E-state index contributed by atoms with van der Waals surface area (Å²) in [6, 6.07) is 5.54. The maximum atomic E-state index is 12.4. The van der Waals surface area contributed by atoms with E-state index in [2.05, 4.69) is 25.5 Å². The second kappa shape index (κ2) is 8.78. The van der Waals surface area contributed by atoms with E-state index in [4.69, 9.17) is 10.5 Å². The summed E-state index contributed by atoms with van der Waals surface area (Å²) in [5.41, 5.74) is 8.71. The molecule has 1 unspecified atom stereocenters. The third kappa shape index (κ3) is 4.09. The Morgan fingerprint density at radius 2 is 2.10 bits per heavy atom. The second-order valence-corrected chi connectivity index (χ2v) is 6.61. The van der Waals surface area contributed by atoms with Gasteiger partial charge in [0, 0.05) is 29.3 Å². The fourth-order valence-electron chi connectivity index (χ4n) is 3.00. The number of hydrogen-bond donors (Lipinski definition) is 3. The smallest absolute Gasteiger partial charge is 0.316 e. The largest absolute Gasteiger partial charge is 0.467 e. The first-order chi connectivity index (χ1) is 14.0. The Morgan fingerprint density at radius 1 is 1.31 bits per heavy atom. The average Bonchev–Trinajstić information content (AvgIpc) is 2.73. The van der Waals surface area contributed by atoms with Crippen LogP contribution in [-0.4, -0.2) is 44.8 Å². The molecule has 0 aliphatic heterocycles. The normalized spacial score (nSPS) is 12.0. The number of carbonyl (C=O) groups excluding carboxylic acids is 1. The lowest BCUT2D eigenvalue weighted by atomic mass is 9.99. The number of nitrogens with one attached hydrogen (secondary N) is 1. The minimum absolute atomic E-state index is 0.0903. The van der Waals surface area contributed by atoms with Gasteiger partial charge in [0.05, 0.1) is 24.6 Å². The Balaban J connectivity index is 2.10. The number of benzene rings is 1. The number of aromatic nitrogens is 4. The zero-order valence-corrected chi connectivity index (χ0v) is 16.6. The average molecular weight is 396 g/mol. The van der Waals surface area contributed by atoms with Crippen LogP contribution < -0.4 is 15.8 Å². The van der Waals surface area contributed by atoms with Gasteiger partial charge in [-0.25, -0.2) is 4.98 Å². The summed E-state index contributed by atoms with van der Waals surface area (Å²) in [5, 5.41) is 21.9. The lowest BCUT2D eigenvalue weighted by Gasteiger charge is -2.14. The lowest BCUT2D eigenvalue weighted by molar-refractivity contribution is 0.0948. The van der Waals surface area contributed by atoms with Crippen LogP contribution in [0.15, 0.2) is 24.4 Å². The quantitative estimate of drug-likeness (QED) is 0.517. The van der Waals surface area contributed by atoms with Crippen molar-refractivity contribution in [1.29, 1.82) is 0 Å². The summed E-state index contributed by atoms with van der Waals surface area (Å²) in [6.45, 7) is 4.20. The Bertz CT molecular complexity index is 1040. The highest BCUT2D eigenvalue weighted by Crippen LogP contribution is 2.34. The molecule has 4 N–H and O–H groups in total. The van der Waals surface area contributed by atoms with Crippen molar-refractivity contribution in [2.45, 2.75) is 32.8 Å². The number of fused-ring (bicyclic) bond motifs is 1. The molecular formula is C20H24N6O3. The SMILES string of the molecule is CCCCNC(=O)c1nnc2c(-c3cnc(OC)nc3C(C)O)cccc2c1N. The van der Waals surface area contributed by atoms with Crippen molar-refractivity contribution in [2.24, 2.45) is 0 Å². The molecule has 9 heteroatoms. The Kier molecular flexibility index (Phi) is 6.18. The van der Waals surface area contributed by atoms with Crippen LogP contribution in [0.5, 0.6) is 6.01 Å². The fourth-order valence-corrected chi connectivity index (χ4v) is 3.00. The third-order valence-electron chi connectivity index (χ3n) is 4.53. The first kappa shape index (κ1) is 20.4. The van der Waals surface area contributed by atoms with Crippen LogP contribution in [0.25, 0.3) is 22.0 Å². The molecule has 0 saturated heterocycles. The third-order valence-corrected chi connectivity index (χ3v) is 4.53. The summed E-state index contributed by atoms with van der Waals surface area (Å²) in [6.07, 6.45) is 2.55. The number of rotatable bonds is 7. The Morgan fingerprint density at radius 3 is 2.79 bits per heavy atom. The van der Waals surface area contributed by atoms with Gasteiger partial charge in [0.1, 0.15) is 5.52 Å². The topological polar surface area (TPSA) is 136 Å². The van der Waals surface area contributed by atoms with Gasteiger partial charge in [-0.3, -0.25) is 4.79 Å². The summed E-state index contributed by atoms with van der Waals surface area (Å²) in [7, 11) is 1.46. The van der Waals surface area contributed by atoms with E-state index in [1.54, 1.807) is 25.3 Å². The molecule has 29 heavy (non-hydrogen) atoms. The van der Waals surface area contributed by atoms with Crippen LogP contribution in [0, 0.1) is 0 Å². The maximum Gasteiger partial charge on any atom is 0.316 e. The van der Waals surface area contributed by atoms with Crippen LogP contribution in [0.3, 0.4) is 0 Å². The number of methoxy groups -OCH3 is 1. The number of carbonyl (C=O) groups is 1.